The van der Waals surface area contributed by atoms with Crippen LogP contribution in [-0.2, 0) is 15.9 Å². The fourth-order valence-electron chi connectivity index (χ4n) is 2.27. The molecule has 1 heterocycles. The lowest BCUT2D eigenvalue weighted by Gasteiger charge is -2.09. The van der Waals surface area contributed by atoms with Crippen molar-refractivity contribution in [2.24, 2.45) is 0 Å². The highest BCUT2D eigenvalue weighted by molar-refractivity contribution is 6.03. The molecule has 0 unspecified atom stereocenters. The largest absolute Gasteiger partial charge is 0.459 e. The van der Waals surface area contributed by atoms with Gasteiger partial charge in [-0.1, -0.05) is 0 Å². The van der Waals surface area contributed by atoms with Crippen molar-refractivity contribution in [2.75, 3.05) is 20.3 Å². The van der Waals surface area contributed by atoms with E-state index in [9.17, 15) is 9.59 Å². The summed E-state index contributed by atoms with van der Waals surface area (Å²) in [6.07, 6.45) is 2.21. The van der Waals surface area contributed by atoms with E-state index in [1.165, 1.54) is 0 Å². The second kappa shape index (κ2) is 5.35. The molecule has 1 aliphatic rings. The number of hydrogen-bond donors (Lipinski definition) is 1. The molecule has 0 aromatic carbocycles. The number of aromatic nitrogens is 1. The molecule has 0 bridgehead atoms. The Morgan fingerprint density at radius 1 is 1.33 bits per heavy atom. The molecule has 5 nitrogen and oxygen atoms in total. The number of Topliss-reactive ketones (excluding diaryl/α,β-unsaturated/α-hetero) is 1. The summed E-state index contributed by atoms with van der Waals surface area (Å²) in [5.41, 5.74) is 2.64. The van der Waals surface area contributed by atoms with E-state index >= 15 is 0 Å². The average molecular weight is 251 g/mol. The summed E-state index contributed by atoms with van der Waals surface area (Å²) in [6, 6.07) is 0. The fraction of sp³-hybridized carbons (Fsp3) is 0.538. The number of rotatable bonds is 4. The van der Waals surface area contributed by atoms with Gasteiger partial charge in [0.15, 0.2) is 5.78 Å². The SMILES string of the molecule is COCCOC(=O)c1[nH]c2c(c1C)C(=O)CCC2. The van der Waals surface area contributed by atoms with Crippen molar-refractivity contribution in [1.29, 1.82) is 0 Å². The summed E-state index contributed by atoms with van der Waals surface area (Å²) in [6.45, 7) is 2.36. The number of esters is 1. The predicted molar refractivity (Wildman–Crippen MR) is 65.0 cm³/mol. The summed E-state index contributed by atoms with van der Waals surface area (Å²) in [7, 11) is 1.55. The van der Waals surface area contributed by atoms with Crippen molar-refractivity contribution in [3.05, 3.63) is 22.5 Å². The normalized spacial score (nSPS) is 14.4. The summed E-state index contributed by atoms with van der Waals surface area (Å²) in [5, 5.41) is 0. The van der Waals surface area contributed by atoms with E-state index in [4.69, 9.17) is 9.47 Å². The van der Waals surface area contributed by atoms with Crippen LogP contribution in [0.3, 0.4) is 0 Å². The third kappa shape index (κ3) is 2.31. The molecule has 1 aromatic heterocycles. The van der Waals surface area contributed by atoms with Crippen LogP contribution >= 0.6 is 0 Å². The Hall–Kier alpha value is -1.62. The monoisotopic (exact) mass is 251 g/mol. The lowest BCUT2D eigenvalue weighted by Crippen LogP contribution is -2.11. The standard InChI is InChI=1S/C13H17NO4/c1-8-11-9(4-3-5-10(11)15)14-12(8)13(16)18-7-6-17-2/h14H,3-7H2,1-2H3. The van der Waals surface area contributed by atoms with Crippen LogP contribution in [0.2, 0.25) is 0 Å². The van der Waals surface area contributed by atoms with Gasteiger partial charge in [-0.25, -0.2) is 4.79 Å². The number of aryl methyl sites for hydroxylation is 1. The molecular formula is C13H17NO4. The van der Waals surface area contributed by atoms with Crippen LogP contribution < -0.4 is 0 Å². The van der Waals surface area contributed by atoms with E-state index in [1.807, 2.05) is 0 Å². The Morgan fingerprint density at radius 2 is 2.11 bits per heavy atom. The Balaban J connectivity index is 2.19. The molecule has 1 aliphatic carbocycles. The Morgan fingerprint density at radius 3 is 2.78 bits per heavy atom. The second-order valence-electron chi connectivity index (χ2n) is 4.38. The summed E-state index contributed by atoms with van der Waals surface area (Å²) in [4.78, 5) is 26.7. The van der Waals surface area contributed by atoms with Crippen molar-refractivity contribution in [3.63, 3.8) is 0 Å². The zero-order chi connectivity index (χ0) is 13.1. The minimum Gasteiger partial charge on any atom is -0.459 e. The van der Waals surface area contributed by atoms with Crippen LogP contribution in [-0.4, -0.2) is 37.1 Å². The number of H-pyrrole nitrogens is 1. The van der Waals surface area contributed by atoms with Gasteiger partial charge < -0.3 is 14.5 Å². The molecule has 0 atom stereocenters. The van der Waals surface area contributed by atoms with Gasteiger partial charge in [-0.05, 0) is 25.3 Å². The molecule has 1 aromatic rings. The Kier molecular flexibility index (Phi) is 3.81. The van der Waals surface area contributed by atoms with E-state index in [-0.39, 0.29) is 12.4 Å². The number of ketones is 1. The second-order valence-corrected chi connectivity index (χ2v) is 4.38. The molecule has 2 rings (SSSR count). The predicted octanol–water partition coefficient (Wildman–Crippen LogP) is 1.65. The van der Waals surface area contributed by atoms with Gasteiger partial charge in [0.05, 0.1) is 6.61 Å². The maximum absolute atomic E-state index is 11.8. The third-order valence-electron chi connectivity index (χ3n) is 3.16. The number of carbonyl (C=O) groups is 2. The van der Waals surface area contributed by atoms with Crippen molar-refractivity contribution < 1.29 is 19.1 Å². The molecular weight excluding hydrogens is 234 g/mol. The van der Waals surface area contributed by atoms with Crippen LogP contribution in [0.15, 0.2) is 0 Å². The quantitative estimate of drug-likeness (QED) is 0.652. The van der Waals surface area contributed by atoms with Gasteiger partial charge in [0.1, 0.15) is 12.3 Å². The van der Waals surface area contributed by atoms with Crippen molar-refractivity contribution >= 4 is 11.8 Å². The van der Waals surface area contributed by atoms with E-state index in [2.05, 4.69) is 4.98 Å². The van der Waals surface area contributed by atoms with E-state index in [0.29, 0.717) is 29.8 Å². The lowest BCUT2D eigenvalue weighted by atomic mass is 9.94. The summed E-state index contributed by atoms with van der Waals surface area (Å²) in [5.74, 6) is -0.312. The van der Waals surface area contributed by atoms with Gasteiger partial charge >= 0.3 is 5.97 Å². The van der Waals surface area contributed by atoms with Gasteiger partial charge in [-0.15, -0.1) is 0 Å². The minimum atomic E-state index is -0.424. The number of fused-ring (bicyclic) bond motifs is 1. The van der Waals surface area contributed by atoms with Crippen LogP contribution in [0.5, 0.6) is 0 Å². The molecule has 0 spiro atoms. The maximum atomic E-state index is 11.8. The minimum absolute atomic E-state index is 0.112. The topological polar surface area (TPSA) is 68.4 Å². The molecule has 18 heavy (non-hydrogen) atoms. The fourth-order valence-corrected chi connectivity index (χ4v) is 2.27. The molecule has 5 heteroatoms. The van der Waals surface area contributed by atoms with Crippen LogP contribution in [0.25, 0.3) is 0 Å². The van der Waals surface area contributed by atoms with Gasteiger partial charge in [-0.2, -0.15) is 0 Å². The Bertz CT molecular complexity index is 476. The molecule has 0 aliphatic heterocycles. The van der Waals surface area contributed by atoms with Crippen molar-refractivity contribution in [3.8, 4) is 0 Å². The number of aromatic amines is 1. The molecule has 0 fully saturated rings. The molecule has 0 radical (unpaired) electrons. The molecule has 98 valence electrons. The Labute approximate surface area is 105 Å². The molecule has 0 saturated carbocycles. The first-order chi connectivity index (χ1) is 8.65. The maximum Gasteiger partial charge on any atom is 0.355 e. The highest BCUT2D eigenvalue weighted by atomic mass is 16.6. The number of nitrogens with one attached hydrogen (secondary N) is 1. The molecule has 1 N–H and O–H groups in total. The summed E-state index contributed by atoms with van der Waals surface area (Å²) < 4.78 is 9.87. The van der Waals surface area contributed by atoms with E-state index < -0.39 is 5.97 Å². The highest BCUT2D eigenvalue weighted by Gasteiger charge is 2.26. The number of ether oxygens (including phenoxy) is 2. The summed E-state index contributed by atoms with van der Waals surface area (Å²) >= 11 is 0. The van der Waals surface area contributed by atoms with Crippen molar-refractivity contribution in [1.82, 2.24) is 4.98 Å². The van der Waals surface area contributed by atoms with Gasteiger partial charge in [0.25, 0.3) is 0 Å². The van der Waals surface area contributed by atoms with Gasteiger partial charge in [-0.3, -0.25) is 4.79 Å². The zero-order valence-electron chi connectivity index (χ0n) is 10.7. The smallest absolute Gasteiger partial charge is 0.355 e. The zero-order valence-corrected chi connectivity index (χ0v) is 10.7. The van der Waals surface area contributed by atoms with Crippen LogP contribution in [0.4, 0.5) is 0 Å². The first-order valence-corrected chi connectivity index (χ1v) is 6.06. The van der Waals surface area contributed by atoms with Crippen LogP contribution in [0, 0.1) is 6.92 Å². The van der Waals surface area contributed by atoms with Gasteiger partial charge in [0, 0.05) is 24.8 Å². The number of carbonyl (C=O) groups excluding carboxylic acids is 2. The van der Waals surface area contributed by atoms with E-state index in [0.717, 1.165) is 18.5 Å². The highest BCUT2D eigenvalue weighted by Crippen LogP contribution is 2.26. The van der Waals surface area contributed by atoms with Gasteiger partial charge in [0.2, 0.25) is 0 Å². The molecule has 0 saturated heterocycles. The first-order valence-electron chi connectivity index (χ1n) is 6.06. The number of methoxy groups -OCH3 is 1. The van der Waals surface area contributed by atoms with Crippen molar-refractivity contribution in [2.45, 2.75) is 26.2 Å². The molecule has 0 amide bonds. The van der Waals surface area contributed by atoms with Crippen LogP contribution in [0.1, 0.15) is 44.9 Å². The first kappa shape index (κ1) is 12.8. The average Bonchev–Trinajstić information content (AvgIpc) is 2.68. The third-order valence-corrected chi connectivity index (χ3v) is 3.16. The lowest BCUT2D eigenvalue weighted by molar-refractivity contribution is 0.0381. The number of hydrogen-bond acceptors (Lipinski definition) is 4. The van der Waals surface area contributed by atoms with E-state index in [1.54, 1.807) is 14.0 Å².